The maximum Gasteiger partial charge on any atom is 0.0533 e. The van der Waals surface area contributed by atoms with E-state index in [-0.39, 0.29) is 0 Å². The minimum atomic E-state index is 0.901. The number of hydrogen-bond donors (Lipinski definition) is 1. The predicted molar refractivity (Wildman–Crippen MR) is 60.5 cm³/mol. The molecule has 1 aromatic heterocycles. The Kier molecular flexibility index (Phi) is 3.89. The first kappa shape index (κ1) is 10.1. The number of thioether (sulfide) groups is 1. The Balaban J connectivity index is 1.55. The summed E-state index contributed by atoms with van der Waals surface area (Å²) in [6.07, 6.45) is 5.22. The number of aromatic nitrogens is 2. The highest BCUT2D eigenvalue weighted by Gasteiger charge is 2.14. The molecule has 1 N–H and O–H groups in total. The highest BCUT2D eigenvalue weighted by atomic mass is 32.2. The van der Waals surface area contributed by atoms with Crippen molar-refractivity contribution < 1.29 is 0 Å². The first-order valence-electron chi connectivity index (χ1n) is 5.21. The fourth-order valence-corrected chi connectivity index (χ4v) is 2.96. The van der Waals surface area contributed by atoms with Crippen molar-refractivity contribution in [2.24, 2.45) is 5.92 Å². The molecule has 14 heavy (non-hydrogen) atoms. The monoisotopic (exact) mass is 211 g/mol. The average molecular weight is 211 g/mol. The van der Waals surface area contributed by atoms with E-state index in [0.29, 0.717) is 0 Å². The molecule has 0 aromatic carbocycles. The van der Waals surface area contributed by atoms with E-state index in [1.165, 1.54) is 24.5 Å². The van der Waals surface area contributed by atoms with Crippen LogP contribution in [-0.4, -0.2) is 34.4 Å². The van der Waals surface area contributed by atoms with Crippen LogP contribution >= 0.6 is 11.8 Å². The minimum absolute atomic E-state index is 0.901. The molecule has 1 fully saturated rings. The van der Waals surface area contributed by atoms with E-state index in [4.69, 9.17) is 0 Å². The molecule has 0 radical (unpaired) electrons. The van der Waals surface area contributed by atoms with Gasteiger partial charge in [-0.05, 0) is 36.5 Å². The minimum Gasteiger partial charge on any atom is -0.315 e. The number of rotatable bonds is 5. The van der Waals surface area contributed by atoms with E-state index < -0.39 is 0 Å². The van der Waals surface area contributed by atoms with Crippen molar-refractivity contribution in [1.29, 1.82) is 0 Å². The zero-order valence-corrected chi connectivity index (χ0v) is 9.17. The van der Waals surface area contributed by atoms with Gasteiger partial charge in [0, 0.05) is 18.9 Å². The first-order valence-corrected chi connectivity index (χ1v) is 6.36. The Morgan fingerprint density at radius 1 is 1.57 bits per heavy atom. The van der Waals surface area contributed by atoms with Gasteiger partial charge in [-0.1, -0.05) is 0 Å². The SMILES string of the molecule is c1cnn(CCNCC2CCSC2)c1. The second-order valence-corrected chi connectivity index (χ2v) is 4.85. The molecule has 4 heteroatoms. The second-order valence-electron chi connectivity index (χ2n) is 3.70. The van der Waals surface area contributed by atoms with Gasteiger partial charge in [0.2, 0.25) is 0 Å². The van der Waals surface area contributed by atoms with E-state index in [1.54, 1.807) is 0 Å². The summed E-state index contributed by atoms with van der Waals surface area (Å²) in [6.45, 7) is 3.18. The summed E-state index contributed by atoms with van der Waals surface area (Å²) < 4.78 is 1.97. The van der Waals surface area contributed by atoms with Crippen LogP contribution in [-0.2, 0) is 6.54 Å². The second kappa shape index (κ2) is 5.41. The summed E-state index contributed by atoms with van der Waals surface area (Å²) >= 11 is 2.08. The van der Waals surface area contributed by atoms with Crippen LogP contribution in [0, 0.1) is 5.92 Å². The molecule has 3 nitrogen and oxygen atoms in total. The van der Waals surface area contributed by atoms with Crippen molar-refractivity contribution >= 4 is 11.8 Å². The molecule has 1 unspecified atom stereocenters. The zero-order chi connectivity index (χ0) is 9.64. The molecule has 0 saturated carbocycles. The Morgan fingerprint density at radius 3 is 3.29 bits per heavy atom. The van der Waals surface area contributed by atoms with E-state index in [9.17, 15) is 0 Å². The number of hydrogen-bond acceptors (Lipinski definition) is 3. The van der Waals surface area contributed by atoms with Crippen LogP contribution in [0.4, 0.5) is 0 Å². The fourth-order valence-electron chi connectivity index (χ4n) is 1.68. The molecular formula is C10H17N3S. The third kappa shape index (κ3) is 3.03. The molecule has 0 aliphatic carbocycles. The van der Waals surface area contributed by atoms with Gasteiger partial charge in [0.1, 0.15) is 0 Å². The molecule has 2 heterocycles. The zero-order valence-electron chi connectivity index (χ0n) is 8.35. The van der Waals surface area contributed by atoms with Gasteiger partial charge in [0.15, 0.2) is 0 Å². The number of nitrogens with one attached hydrogen (secondary N) is 1. The molecule has 0 amide bonds. The molecule has 1 aliphatic rings. The van der Waals surface area contributed by atoms with Crippen LogP contribution in [0.2, 0.25) is 0 Å². The lowest BCUT2D eigenvalue weighted by atomic mass is 10.1. The largest absolute Gasteiger partial charge is 0.315 e. The standard InChI is InChI=1S/C10H17N3S/c1-3-12-13(5-1)6-4-11-8-10-2-7-14-9-10/h1,3,5,10-11H,2,4,6-9H2. The summed E-state index contributed by atoms with van der Waals surface area (Å²) in [5.74, 6) is 3.60. The Morgan fingerprint density at radius 2 is 2.57 bits per heavy atom. The summed E-state index contributed by atoms with van der Waals surface area (Å²) in [5, 5.41) is 7.65. The molecule has 1 aromatic rings. The van der Waals surface area contributed by atoms with Gasteiger partial charge in [-0.25, -0.2) is 0 Å². The van der Waals surface area contributed by atoms with Gasteiger partial charge in [0.25, 0.3) is 0 Å². The molecule has 1 atom stereocenters. The summed E-state index contributed by atoms with van der Waals surface area (Å²) in [6, 6.07) is 1.97. The smallest absolute Gasteiger partial charge is 0.0533 e. The van der Waals surface area contributed by atoms with E-state index in [0.717, 1.165) is 19.0 Å². The summed E-state index contributed by atoms with van der Waals surface area (Å²) in [7, 11) is 0. The average Bonchev–Trinajstić information content (AvgIpc) is 2.86. The molecule has 1 aliphatic heterocycles. The van der Waals surface area contributed by atoms with E-state index >= 15 is 0 Å². The highest BCUT2D eigenvalue weighted by Crippen LogP contribution is 2.22. The van der Waals surface area contributed by atoms with Gasteiger partial charge >= 0.3 is 0 Å². The van der Waals surface area contributed by atoms with Crippen LogP contribution in [0.15, 0.2) is 18.5 Å². The molecule has 0 spiro atoms. The molecular weight excluding hydrogens is 194 g/mol. The number of nitrogens with zero attached hydrogens (tertiary/aromatic N) is 2. The molecule has 1 saturated heterocycles. The van der Waals surface area contributed by atoms with Crippen LogP contribution in [0.3, 0.4) is 0 Å². The Labute approximate surface area is 89.3 Å². The Bertz CT molecular complexity index is 242. The molecule has 2 rings (SSSR count). The summed E-state index contributed by atoms with van der Waals surface area (Å²) in [4.78, 5) is 0. The maximum absolute atomic E-state index is 4.16. The lowest BCUT2D eigenvalue weighted by Crippen LogP contribution is -2.26. The van der Waals surface area contributed by atoms with Gasteiger partial charge in [0.05, 0.1) is 6.54 Å². The first-order chi connectivity index (χ1) is 6.95. The molecule has 78 valence electrons. The van der Waals surface area contributed by atoms with E-state index in [2.05, 4.69) is 22.2 Å². The normalized spacial score (nSPS) is 21.6. The topological polar surface area (TPSA) is 29.9 Å². The third-order valence-corrected chi connectivity index (χ3v) is 3.77. The van der Waals surface area contributed by atoms with Crippen molar-refractivity contribution in [2.45, 2.75) is 13.0 Å². The van der Waals surface area contributed by atoms with Gasteiger partial charge in [-0.15, -0.1) is 0 Å². The van der Waals surface area contributed by atoms with Crippen molar-refractivity contribution in [3.8, 4) is 0 Å². The fraction of sp³-hybridized carbons (Fsp3) is 0.700. The maximum atomic E-state index is 4.16. The van der Waals surface area contributed by atoms with Crippen molar-refractivity contribution in [2.75, 3.05) is 24.6 Å². The third-order valence-electron chi connectivity index (χ3n) is 2.53. The lowest BCUT2D eigenvalue weighted by Gasteiger charge is -2.09. The summed E-state index contributed by atoms with van der Waals surface area (Å²) in [5.41, 5.74) is 0. The van der Waals surface area contributed by atoms with Gasteiger partial charge < -0.3 is 5.32 Å². The highest BCUT2D eigenvalue weighted by molar-refractivity contribution is 7.99. The van der Waals surface area contributed by atoms with Crippen LogP contribution in [0.25, 0.3) is 0 Å². The van der Waals surface area contributed by atoms with E-state index in [1.807, 2.05) is 23.1 Å². The van der Waals surface area contributed by atoms with Crippen molar-refractivity contribution in [3.63, 3.8) is 0 Å². The van der Waals surface area contributed by atoms with Crippen molar-refractivity contribution in [1.82, 2.24) is 15.1 Å². The lowest BCUT2D eigenvalue weighted by molar-refractivity contribution is 0.490. The van der Waals surface area contributed by atoms with Gasteiger partial charge in [-0.2, -0.15) is 16.9 Å². The van der Waals surface area contributed by atoms with Crippen molar-refractivity contribution in [3.05, 3.63) is 18.5 Å². The van der Waals surface area contributed by atoms with Crippen LogP contribution < -0.4 is 5.32 Å². The predicted octanol–water partition coefficient (Wildman–Crippen LogP) is 1.23. The quantitative estimate of drug-likeness (QED) is 0.743. The van der Waals surface area contributed by atoms with Crippen LogP contribution in [0.5, 0.6) is 0 Å². The van der Waals surface area contributed by atoms with Gasteiger partial charge in [-0.3, -0.25) is 4.68 Å². The van der Waals surface area contributed by atoms with Crippen LogP contribution in [0.1, 0.15) is 6.42 Å². The Hall–Kier alpha value is -0.480. The molecule has 0 bridgehead atoms.